The highest BCUT2D eigenvalue weighted by molar-refractivity contribution is 6.32. The van der Waals surface area contributed by atoms with Gasteiger partial charge in [0.25, 0.3) is 11.5 Å². The minimum atomic E-state index is -0.335. The lowest BCUT2D eigenvalue weighted by atomic mass is 9.82. The number of alkyl halides is 1. The topological polar surface area (TPSA) is 83.7 Å². The van der Waals surface area contributed by atoms with Crippen LogP contribution in [0.25, 0.3) is 0 Å². The zero-order chi connectivity index (χ0) is 26.0. The second kappa shape index (κ2) is 11.2. The van der Waals surface area contributed by atoms with Crippen molar-refractivity contribution in [1.82, 2.24) is 15.2 Å². The van der Waals surface area contributed by atoms with E-state index >= 15 is 0 Å². The van der Waals surface area contributed by atoms with Crippen LogP contribution in [0.2, 0.25) is 5.02 Å². The SMILES string of the molecule is Cc1cc(C)c(CNC(=O)c2cc(Cl)c3c(c2C)OC(C2CCC(N(C)CCF)CC2)CO3)c(=O)[nH]1. The number of benzene rings is 1. The van der Waals surface area contributed by atoms with Gasteiger partial charge in [-0.3, -0.25) is 9.59 Å². The Kier molecular flexibility index (Phi) is 8.25. The average Bonchev–Trinajstić information content (AvgIpc) is 2.85. The summed E-state index contributed by atoms with van der Waals surface area (Å²) in [6, 6.07) is 3.86. The third kappa shape index (κ3) is 5.54. The number of halogens is 2. The van der Waals surface area contributed by atoms with Crippen molar-refractivity contribution in [3.63, 3.8) is 0 Å². The van der Waals surface area contributed by atoms with E-state index in [1.165, 1.54) is 0 Å². The van der Waals surface area contributed by atoms with Crippen molar-refractivity contribution >= 4 is 17.5 Å². The highest BCUT2D eigenvalue weighted by Crippen LogP contribution is 2.45. The molecule has 1 amide bonds. The summed E-state index contributed by atoms with van der Waals surface area (Å²) in [5.74, 6) is 0.952. The molecule has 2 heterocycles. The number of hydrogen-bond acceptors (Lipinski definition) is 5. The van der Waals surface area contributed by atoms with Crippen LogP contribution in [0, 0.1) is 26.7 Å². The van der Waals surface area contributed by atoms with Gasteiger partial charge in [0.05, 0.1) is 5.02 Å². The van der Waals surface area contributed by atoms with Gasteiger partial charge in [-0.1, -0.05) is 11.6 Å². The number of amides is 1. The Bertz CT molecular complexity index is 1180. The molecule has 1 aromatic heterocycles. The number of hydrogen-bond donors (Lipinski definition) is 2. The Balaban J connectivity index is 1.46. The molecule has 4 rings (SSSR count). The van der Waals surface area contributed by atoms with Crippen molar-refractivity contribution in [2.45, 2.75) is 65.1 Å². The monoisotopic (exact) mass is 519 g/mol. The summed E-state index contributed by atoms with van der Waals surface area (Å²) in [6.45, 7) is 6.14. The molecule has 2 aliphatic rings. The molecule has 0 radical (unpaired) electrons. The number of carbonyl (C=O) groups excluding carboxylic acids is 1. The Morgan fingerprint density at radius 2 is 1.92 bits per heavy atom. The minimum absolute atomic E-state index is 0.106. The second-order valence-electron chi connectivity index (χ2n) is 10.0. The molecular weight excluding hydrogens is 485 g/mol. The lowest BCUT2D eigenvalue weighted by molar-refractivity contribution is 0.0216. The first kappa shape index (κ1) is 26.5. The van der Waals surface area contributed by atoms with E-state index in [1.807, 2.05) is 33.9 Å². The van der Waals surface area contributed by atoms with E-state index in [0.717, 1.165) is 36.9 Å². The van der Waals surface area contributed by atoms with Crippen molar-refractivity contribution in [2.24, 2.45) is 5.92 Å². The van der Waals surface area contributed by atoms with E-state index in [1.54, 1.807) is 6.07 Å². The number of carbonyl (C=O) groups is 1. The van der Waals surface area contributed by atoms with E-state index in [2.05, 4.69) is 15.2 Å². The highest BCUT2D eigenvalue weighted by Gasteiger charge is 2.35. The largest absolute Gasteiger partial charge is 0.484 e. The summed E-state index contributed by atoms with van der Waals surface area (Å²) in [5.41, 5.74) is 2.95. The standard InChI is InChI=1S/C27H35ClFN3O4/c1-15-11-16(2)31-27(34)21(15)13-30-26(33)20-12-22(28)25-24(17(20)3)36-23(14-35-25)18-5-7-19(8-6-18)32(4)10-9-29/h11-12,18-19,23H,5-10,13-14H2,1-4H3,(H,30,33)(H,31,34). The number of ether oxygens (including phenoxy) is 2. The number of nitrogens with one attached hydrogen (secondary N) is 2. The molecule has 2 N–H and O–H groups in total. The molecule has 1 aliphatic carbocycles. The van der Waals surface area contributed by atoms with E-state index in [9.17, 15) is 14.0 Å². The number of fused-ring (bicyclic) bond motifs is 1. The molecule has 1 fully saturated rings. The van der Waals surface area contributed by atoms with Crippen LogP contribution < -0.4 is 20.3 Å². The van der Waals surface area contributed by atoms with Crippen molar-refractivity contribution in [3.05, 3.63) is 55.5 Å². The number of H-pyrrole nitrogens is 1. The predicted molar refractivity (Wildman–Crippen MR) is 138 cm³/mol. The van der Waals surface area contributed by atoms with Crippen LogP contribution in [0.15, 0.2) is 16.9 Å². The quantitative estimate of drug-likeness (QED) is 0.563. The van der Waals surface area contributed by atoms with Crippen molar-refractivity contribution in [1.29, 1.82) is 0 Å². The van der Waals surface area contributed by atoms with Gasteiger partial charge in [0.1, 0.15) is 19.4 Å². The second-order valence-corrected chi connectivity index (χ2v) is 10.4. The maximum atomic E-state index is 13.1. The van der Waals surface area contributed by atoms with E-state index in [4.69, 9.17) is 21.1 Å². The van der Waals surface area contributed by atoms with Gasteiger partial charge in [-0.25, -0.2) is 4.39 Å². The fourth-order valence-electron chi connectivity index (χ4n) is 5.39. The van der Waals surface area contributed by atoms with Crippen molar-refractivity contribution in [3.8, 4) is 11.5 Å². The number of rotatable bonds is 7. The van der Waals surface area contributed by atoms with Gasteiger partial charge in [-0.2, -0.15) is 0 Å². The molecule has 9 heteroatoms. The molecule has 0 bridgehead atoms. The van der Waals surface area contributed by atoms with Gasteiger partial charge in [-0.15, -0.1) is 0 Å². The maximum absolute atomic E-state index is 13.1. The number of nitrogens with zero attached hydrogens (tertiary/aromatic N) is 1. The zero-order valence-corrected chi connectivity index (χ0v) is 22.1. The fourth-order valence-corrected chi connectivity index (χ4v) is 5.64. The molecule has 2 aromatic rings. The Hall–Kier alpha value is -2.58. The number of pyridine rings is 1. The summed E-state index contributed by atoms with van der Waals surface area (Å²) in [4.78, 5) is 30.3. The number of aromatic amines is 1. The van der Waals surface area contributed by atoms with Gasteiger partial charge in [-0.05, 0) is 77.1 Å². The van der Waals surface area contributed by atoms with Gasteiger partial charge in [0, 0.05) is 41.5 Å². The summed E-state index contributed by atoms with van der Waals surface area (Å²) in [6.07, 6.45) is 3.80. The van der Waals surface area contributed by atoms with Crippen LogP contribution in [-0.4, -0.2) is 54.8 Å². The van der Waals surface area contributed by atoms with Crippen LogP contribution in [-0.2, 0) is 6.54 Å². The third-order valence-corrected chi connectivity index (χ3v) is 7.87. The summed E-state index contributed by atoms with van der Waals surface area (Å²) in [7, 11) is 1.98. The maximum Gasteiger partial charge on any atom is 0.253 e. The molecule has 196 valence electrons. The van der Waals surface area contributed by atoms with Crippen molar-refractivity contribution < 1.29 is 18.7 Å². The van der Waals surface area contributed by atoms with Gasteiger partial charge in [0.2, 0.25) is 0 Å². The first-order chi connectivity index (χ1) is 17.2. The third-order valence-electron chi connectivity index (χ3n) is 7.59. The van der Waals surface area contributed by atoms with E-state index in [0.29, 0.717) is 58.3 Å². The Morgan fingerprint density at radius 3 is 2.58 bits per heavy atom. The number of aromatic nitrogens is 1. The molecule has 1 aromatic carbocycles. The highest BCUT2D eigenvalue weighted by atomic mass is 35.5. The summed E-state index contributed by atoms with van der Waals surface area (Å²) < 4.78 is 25.2. The van der Waals surface area contributed by atoms with Crippen LogP contribution in [0.3, 0.4) is 0 Å². The molecular formula is C27H35ClFN3O4. The normalized spacial score (nSPS) is 21.5. The van der Waals surface area contributed by atoms with Gasteiger partial charge < -0.3 is 24.7 Å². The van der Waals surface area contributed by atoms with Gasteiger partial charge >= 0.3 is 0 Å². The molecule has 1 aliphatic heterocycles. The minimum Gasteiger partial charge on any atom is -0.484 e. The molecule has 1 atom stereocenters. The van der Waals surface area contributed by atoms with Crippen LogP contribution in [0.1, 0.15) is 58.4 Å². The Morgan fingerprint density at radius 1 is 1.19 bits per heavy atom. The molecule has 0 saturated heterocycles. The zero-order valence-electron chi connectivity index (χ0n) is 21.4. The van der Waals surface area contributed by atoms with Crippen LogP contribution in [0.4, 0.5) is 4.39 Å². The molecule has 0 spiro atoms. The predicted octanol–water partition coefficient (Wildman–Crippen LogP) is 4.48. The summed E-state index contributed by atoms with van der Waals surface area (Å²) in [5, 5.41) is 3.17. The summed E-state index contributed by atoms with van der Waals surface area (Å²) >= 11 is 6.49. The molecule has 1 saturated carbocycles. The smallest absolute Gasteiger partial charge is 0.253 e. The van der Waals surface area contributed by atoms with Crippen LogP contribution in [0.5, 0.6) is 11.5 Å². The van der Waals surface area contributed by atoms with Crippen LogP contribution >= 0.6 is 11.6 Å². The lowest BCUT2D eigenvalue weighted by Crippen LogP contribution is -2.42. The number of aryl methyl sites for hydroxylation is 2. The molecule has 36 heavy (non-hydrogen) atoms. The fraction of sp³-hybridized carbons (Fsp3) is 0.556. The molecule has 1 unspecified atom stereocenters. The first-order valence-corrected chi connectivity index (χ1v) is 12.9. The Labute approximate surface area is 216 Å². The molecule has 7 nitrogen and oxygen atoms in total. The average molecular weight is 520 g/mol. The lowest BCUT2D eigenvalue weighted by Gasteiger charge is -2.39. The first-order valence-electron chi connectivity index (χ1n) is 12.6. The van der Waals surface area contributed by atoms with E-state index in [-0.39, 0.29) is 30.8 Å². The van der Waals surface area contributed by atoms with Crippen molar-refractivity contribution in [2.75, 3.05) is 26.9 Å². The van der Waals surface area contributed by atoms with E-state index < -0.39 is 0 Å². The van der Waals surface area contributed by atoms with Gasteiger partial charge in [0.15, 0.2) is 11.5 Å².